The Morgan fingerprint density at radius 3 is 1.14 bits per heavy atom. The van der Waals surface area contributed by atoms with Crippen LogP contribution in [0, 0.1) is 0 Å². The predicted molar refractivity (Wildman–Crippen MR) is 162 cm³/mol. The number of aromatic hydroxyl groups is 2. The monoisotopic (exact) mass is 713 g/mol. The Morgan fingerprint density at radius 1 is 0.571 bits per heavy atom. The van der Waals surface area contributed by atoms with Gasteiger partial charge in [0.2, 0.25) is 0 Å². The van der Waals surface area contributed by atoms with E-state index < -0.39 is 0 Å². The van der Waals surface area contributed by atoms with Crippen LogP contribution in [-0.4, -0.2) is 56.7 Å². The summed E-state index contributed by atoms with van der Waals surface area (Å²) in [5.41, 5.74) is 9.90. The summed E-state index contributed by atoms with van der Waals surface area (Å²) < 4.78 is 0. The van der Waals surface area contributed by atoms with E-state index >= 15 is 0 Å². The first-order valence-electron chi connectivity index (χ1n) is 12.4. The third-order valence-electron chi connectivity index (χ3n) is 4.66. The molecule has 224 valence electrons. The van der Waals surface area contributed by atoms with E-state index in [1.807, 2.05) is 72.8 Å². The number of benzene rings is 1. The Kier molecular flexibility index (Phi) is 24.1. The van der Waals surface area contributed by atoms with Gasteiger partial charge in [-0.3, -0.25) is 19.9 Å². The molecule has 4 N–H and O–H groups in total. The van der Waals surface area contributed by atoms with E-state index in [9.17, 15) is 0 Å². The molecule has 1 aromatic carbocycles. The molecule has 7 nitrogen and oxygen atoms in total. The van der Waals surface area contributed by atoms with Crippen molar-refractivity contribution in [2.75, 3.05) is 26.5 Å². The summed E-state index contributed by atoms with van der Waals surface area (Å²) >= 11 is 0. The first-order valence-corrected chi connectivity index (χ1v) is 15.1. The number of halogens is 2. The zero-order chi connectivity index (χ0) is 28.3. The molecule has 0 saturated carbocycles. The van der Waals surface area contributed by atoms with Gasteiger partial charge in [-0.2, -0.15) is 0 Å². The van der Waals surface area contributed by atoms with E-state index in [0.717, 1.165) is 28.3 Å². The Balaban J connectivity index is 0. The molecule has 0 aliphatic heterocycles. The largest absolute Gasteiger partial charge is 2.00 e. The van der Waals surface area contributed by atoms with Gasteiger partial charge in [0.25, 0.3) is 0 Å². The molecular weight excluding hydrogens is 677 g/mol. The van der Waals surface area contributed by atoms with Gasteiger partial charge in [0.05, 0.1) is 22.8 Å². The Morgan fingerprint density at radius 2 is 0.905 bits per heavy atom. The number of hydrogen-bond donors (Lipinski definition) is 3. The minimum absolute atomic E-state index is 0. The van der Waals surface area contributed by atoms with Gasteiger partial charge in [0.15, 0.2) is 11.5 Å². The van der Waals surface area contributed by atoms with Gasteiger partial charge in [0, 0.05) is 24.8 Å². The average Bonchev–Trinajstić information content (AvgIpc) is 2.97. The number of hydrogen-bond acceptors (Lipinski definition) is 7. The van der Waals surface area contributed by atoms with Gasteiger partial charge in [-0.1, -0.05) is 30.3 Å². The van der Waals surface area contributed by atoms with Crippen LogP contribution >= 0.6 is 7.92 Å². The molecule has 0 saturated heterocycles. The zero-order valence-electron chi connectivity index (χ0n) is 23.7. The van der Waals surface area contributed by atoms with E-state index in [1.165, 1.54) is 12.1 Å². The van der Waals surface area contributed by atoms with Crippen molar-refractivity contribution in [3.05, 3.63) is 121 Å². The summed E-state index contributed by atoms with van der Waals surface area (Å²) in [6.45, 7) is 7.24. The van der Waals surface area contributed by atoms with Crippen molar-refractivity contribution in [1.82, 2.24) is 19.9 Å². The molecule has 4 aromatic heterocycles. The molecule has 11 heteroatoms. The van der Waals surface area contributed by atoms with Crippen molar-refractivity contribution >= 4 is 7.92 Å². The van der Waals surface area contributed by atoms with Crippen molar-refractivity contribution in [2.24, 2.45) is 5.73 Å². The van der Waals surface area contributed by atoms with Gasteiger partial charge in [-0.25, -0.2) is 0 Å². The maximum absolute atomic E-state index is 9.04. The van der Waals surface area contributed by atoms with E-state index in [2.05, 4.69) is 39.9 Å². The summed E-state index contributed by atoms with van der Waals surface area (Å²) in [6.07, 6.45) is 7.79. The molecule has 0 amide bonds. The van der Waals surface area contributed by atoms with E-state index in [4.69, 9.17) is 15.9 Å². The fourth-order valence-corrected chi connectivity index (χ4v) is 2.95. The van der Waals surface area contributed by atoms with Crippen LogP contribution in [0.1, 0.15) is 5.56 Å². The molecule has 0 aliphatic carbocycles. The number of nitrogens with two attached hydrogens (primary N) is 1. The topological polar surface area (TPSA) is 118 Å². The van der Waals surface area contributed by atoms with Crippen molar-refractivity contribution in [3.63, 3.8) is 0 Å². The van der Waals surface area contributed by atoms with E-state index in [0.29, 0.717) is 20.9 Å². The Bertz CT molecular complexity index is 1180. The van der Waals surface area contributed by atoms with Crippen LogP contribution in [0.15, 0.2) is 116 Å². The zero-order valence-corrected chi connectivity index (χ0v) is 27.8. The summed E-state index contributed by atoms with van der Waals surface area (Å²) in [5.74, 6) is -0.179. The molecule has 0 radical (unpaired) electrons. The molecule has 0 spiro atoms. The Labute approximate surface area is 275 Å². The van der Waals surface area contributed by atoms with Gasteiger partial charge >= 0.3 is 19.5 Å². The SMILES string of the molecule is CP(C)C.NCCc1ccc(O)c(O)c1.[Cl-].[Cl-].[Ru+2].c1ccc(-c2ccccn2)nc1.c1ccc(-c2ccccn2)nc1. The molecule has 0 fully saturated rings. The number of rotatable bonds is 4. The molecule has 0 aliphatic rings. The fraction of sp³-hybridized carbons (Fsp3) is 0.161. The predicted octanol–water partition coefficient (Wildman–Crippen LogP) is 0.249. The number of pyridine rings is 4. The van der Waals surface area contributed by atoms with Gasteiger partial charge in [0.1, 0.15) is 0 Å². The van der Waals surface area contributed by atoms with Crippen molar-refractivity contribution in [3.8, 4) is 34.3 Å². The molecule has 4 heterocycles. The van der Waals surface area contributed by atoms with Crippen LogP contribution in [0.3, 0.4) is 0 Å². The number of aromatic nitrogens is 4. The fourth-order valence-electron chi connectivity index (χ4n) is 2.95. The van der Waals surface area contributed by atoms with Crippen LogP contribution in [0.5, 0.6) is 11.5 Å². The quantitative estimate of drug-likeness (QED) is 0.139. The maximum Gasteiger partial charge on any atom is 2.00 e. The average molecular weight is 714 g/mol. The minimum Gasteiger partial charge on any atom is -1.00 e. The second-order valence-electron chi connectivity index (χ2n) is 8.56. The normalized spacial score (nSPS) is 8.98. The summed E-state index contributed by atoms with van der Waals surface area (Å²) in [5, 5.41) is 18.0. The molecule has 5 aromatic rings. The first kappa shape index (κ1) is 41.1. The van der Waals surface area contributed by atoms with Crippen LogP contribution in [0.4, 0.5) is 0 Å². The minimum atomic E-state index is -0.0919. The smallest absolute Gasteiger partial charge is 1.00 e. The Hall–Kier alpha value is -2.99. The number of phenolic OH excluding ortho intramolecular Hbond substituents is 2. The van der Waals surface area contributed by atoms with Crippen LogP contribution in [-0.2, 0) is 25.9 Å². The van der Waals surface area contributed by atoms with Gasteiger partial charge < -0.3 is 40.8 Å². The van der Waals surface area contributed by atoms with Crippen LogP contribution in [0.25, 0.3) is 22.8 Å². The summed E-state index contributed by atoms with van der Waals surface area (Å²) in [6, 6.07) is 27.9. The van der Waals surface area contributed by atoms with Crippen molar-refractivity contribution in [1.29, 1.82) is 0 Å². The second kappa shape index (κ2) is 24.6. The van der Waals surface area contributed by atoms with Gasteiger partial charge in [-0.05, 0) is 99.2 Å². The standard InChI is InChI=1S/2C10H8N2.C8H11NO2.C3H9P.2ClH.Ru/c2*1-3-7-11-9(5-1)10-6-2-4-8-12-10;9-4-3-6-1-2-7(10)8(11)5-6;1-4(2)3;;;/h2*1-8H;1-2,5,10-11H,3-4,9H2;1-3H3;2*1H;/q;;;;;;+2/p-2. The molecule has 5 rings (SSSR count). The van der Waals surface area contributed by atoms with Crippen LogP contribution < -0.4 is 30.5 Å². The second-order valence-corrected chi connectivity index (χ2v) is 11.2. The molecule has 0 atom stereocenters. The number of phenols is 2. The molecule has 0 bridgehead atoms. The molecule has 42 heavy (non-hydrogen) atoms. The first-order chi connectivity index (χ1) is 18.9. The van der Waals surface area contributed by atoms with Crippen molar-refractivity contribution in [2.45, 2.75) is 6.42 Å². The maximum atomic E-state index is 9.04. The van der Waals surface area contributed by atoms with Gasteiger partial charge in [-0.15, -0.1) is 7.92 Å². The summed E-state index contributed by atoms with van der Waals surface area (Å²) in [7, 11) is 0.380. The van der Waals surface area contributed by atoms with E-state index in [-0.39, 0.29) is 55.8 Å². The van der Waals surface area contributed by atoms with E-state index in [1.54, 1.807) is 30.9 Å². The third kappa shape index (κ3) is 17.1. The van der Waals surface area contributed by atoms with Crippen molar-refractivity contribution < 1.29 is 54.5 Å². The summed E-state index contributed by atoms with van der Waals surface area (Å²) in [4.78, 5) is 16.7. The molecule has 0 unspecified atom stereocenters. The molecular formula is C31H36Cl2N5O2PRu. The third-order valence-corrected chi connectivity index (χ3v) is 4.66. The van der Waals surface area contributed by atoms with Crippen LogP contribution in [0.2, 0.25) is 0 Å². The number of nitrogens with zero attached hydrogens (tertiary/aromatic N) is 4.